The zero-order valence-corrected chi connectivity index (χ0v) is 28.1. The Morgan fingerprint density at radius 1 is 0.723 bits per heavy atom. The summed E-state index contributed by atoms with van der Waals surface area (Å²) in [6.07, 6.45) is 8.11. The molecule has 0 unspecified atom stereocenters. The number of hydrogen-bond acceptors (Lipinski definition) is 2. The minimum absolute atomic E-state index is 0.631. The monoisotopic (exact) mass is 789 g/mol. The molecule has 12 rings (SSSR count). The average Bonchev–Trinajstić information content (AvgIpc) is 3.61. The van der Waals surface area contributed by atoms with Gasteiger partial charge in [0.1, 0.15) is 0 Å². The summed E-state index contributed by atoms with van der Waals surface area (Å²) in [6.45, 7) is 2.09. The van der Waals surface area contributed by atoms with Crippen molar-refractivity contribution in [3.63, 3.8) is 0 Å². The fraction of sp³-hybridized carbons (Fsp3) is 0.122. The van der Waals surface area contributed by atoms with Crippen LogP contribution in [-0.2, 0) is 45.0 Å². The first kappa shape index (κ1) is 28.2. The molecule has 6 heteroatoms. The van der Waals surface area contributed by atoms with Gasteiger partial charge in [-0.25, -0.2) is 0 Å². The van der Waals surface area contributed by atoms with E-state index in [4.69, 9.17) is 9.72 Å². The van der Waals surface area contributed by atoms with E-state index in [1.54, 1.807) is 0 Å². The SMILES string of the molecule is Cc1ccnc(-n2c3[c-]c(Oc4[c-]c(-n5cc6c7ccc(n6[c]5=[Pt])CCc5ccc(cc5)CC7)ccc4)ccc3c3ccccc32)c1. The van der Waals surface area contributed by atoms with Crippen LogP contribution in [0.15, 0.2) is 116 Å². The number of hydrogen-bond donors (Lipinski definition) is 0. The van der Waals surface area contributed by atoms with Gasteiger partial charge in [-0.05, 0) is 18.6 Å². The van der Waals surface area contributed by atoms with Crippen molar-refractivity contribution >= 4 is 27.3 Å². The van der Waals surface area contributed by atoms with Crippen LogP contribution in [0.25, 0.3) is 38.8 Å². The van der Waals surface area contributed by atoms with Crippen LogP contribution >= 0.6 is 0 Å². The van der Waals surface area contributed by atoms with Gasteiger partial charge in [-0.3, -0.25) is 0 Å². The van der Waals surface area contributed by atoms with Gasteiger partial charge in [-0.15, -0.1) is 0 Å². The molecule has 47 heavy (non-hydrogen) atoms. The molecule has 0 fully saturated rings. The fourth-order valence-corrected chi connectivity index (χ4v) is 7.86. The Hall–Kier alpha value is -4.99. The molecule has 4 aliphatic rings. The first-order chi connectivity index (χ1) is 23.1. The van der Waals surface area contributed by atoms with Crippen LogP contribution in [0.3, 0.4) is 0 Å². The molecular weight excluding hydrogens is 760 g/mol. The Bertz CT molecular complexity index is 2540. The first-order valence-corrected chi connectivity index (χ1v) is 17.1. The zero-order chi connectivity index (χ0) is 31.5. The molecule has 0 amide bonds. The number of rotatable bonds is 4. The van der Waals surface area contributed by atoms with Gasteiger partial charge >= 0.3 is 248 Å². The van der Waals surface area contributed by atoms with E-state index in [2.05, 4.69) is 137 Å². The van der Waals surface area contributed by atoms with Crippen LogP contribution in [0.4, 0.5) is 0 Å². The van der Waals surface area contributed by atoms with Crippen molar-refractivity contribution in [3.8, 4) is 23.0 Å². The van der Waals surface area contributed by atoms with Gasteiger partial charge in [0.15, 0.2) is 0 Å². The summed E-state index contributed by atoms with van der Waals surface area (Å²) in [5, 5.41) is 2.27. The predicted octanol–water partition coefficient (Wildman–Crippen LogP) is 8.89. The second-order valence-electron chi connectivity index (χ2n) is 12.3. The van der Waals surface area contributed by atoms with Gasteiger partial charge < -0.3 is 0 Å². The summed E-state index contributed by atoms with van der Waals surface area (Å²) >= 11 is 2.46. The number of fused-ring (bicyclic) bond motifs is 3. The number of para-hydroxylation sites is 1. The summed E-state index contributed by atoms with van der Waals surface area (Å²) in [7, 11) is 0. The number of imidazole rings is 1. The third-order valence-electron chi connectivity index (χ3n) is 9.24. The van der Waals surface area contributed by atoms with E-state index < -0.39 is 0 Å². The summed E-state index contributed by atoms with van der Waals surface area (Å²) in [4.78, 5) is 4.71. The van der Waals surface area contributed by atoms with E-state index in [1.165, 1.54) is 27.9 Å². The predicted molar refractivity (Wildman–Crippen MR) is 182 cm³/mol. The molecule has 0 spiro atoms. The number of pyridine rings is 2. The van der Waals surface area contributed by atoms with E-state index in [-0.39, 0.29) is 0 Å². The normalized spacial score (nSPS) is 13.0. The molecule has 232 valence electrons. The number of ether oxygens (including phenoxy) is 1. The first-order valence-electron chi connectivity index (χ1n) is 16.0. The molecule has 6 heterocycles. The average molecular weight is 790 g/mol. The molecule has 0 saturated heterocycles. The molecule has 8 aromatic rings. The van der Waals surface area contributed by atoms with E-state index in [0.717, 1.165) is 68.4 Å². The topological polar surface area (TPSA) is 36.4 Å². The Morgan fingerprint density at radius 3 is 2.38 bits per heavy atom. The molecule has 0 N–H and O–H groups in total. The van der Waals surface area contributed by atoms with Crippen LogP contribution in [0.1, 0.15) is 27.9 Å². The number of aromatic nitrogens is 4. The number of nitrogens with zero attached hydrogens (tertiary/aromatic N) is 4. The van der Waals surface area contributed by atoms with Crippen LogP contribution in [0.2, 0.25) is 0 Å². The van der Waals surface area contributed by atoms with Crippen LogP contribution in [-0.4, -0.2) is 18.5 Å². The molecule has 5 nitrogen and oxygen atoms in total. The molecule has 2 aliphatic heterocycles. The summed E-state index contributed by atoms with van der Waals surface area (Å²) in [6, 6.07) is 43.6. The maximum absolute atomic E-state index is 6.48. The standard InChI is InChI=1S/C41H30N4O.Pt/c1-28-21-22-42-41(23-28)45-38-8-3-2-7-36(38)37-20-19-35(25-39(37)45)46-34-6-4-5-33(24-34)43-26-40-31-15-13-29-9-11-30(12-10-29)14-17-32(18-16-31)44(40)27-43;/h2-12,16,18-23,26H,13-15,17H2,1H3;/q-2;. The van der Waals surface area contributed by atoms with Crippen molar-refractivity contribution in [3.05, 3.63) is 159 Å². The Labute approximate surface area is 283 Å². The van der Waals surface area contributed by atoms with Crippen LogP contribution in [0.5, 0.6) is 11.5 Å². The van der Waals surface area contributed by atoms with Gasteiger partial charge in [0.2, 0.25) is 0 Å². The Morgan fingerprint density at radius 2 is 1.53 bits per heavy atom. The molecule has 0 radical (unpaired) electrons. The second-order valence-corrected chi connectivity index (χ2v) is 13.3. The molecular formula is C41H30N4OPt-2. The molecule has 2 aliphatic carbocycles. The van der Waals surface area contributed by atoms with Crippen molar-refractivity contribution in [2.75, 3.05) is 0 Å². The molecule has 4 aromatic heterocycles. The summed E-state index contributed by atoms with van der Waals surface area (Å²) in [5.41, 5.74) is 10.8. The van der Waals surface area contributed by atoms with Crippen molar-refractivity contribution in [1.82, 2.24) is 18.5 Å². The summed E-state index contributed by atoms with van der Waals surface area (Å²) < 4.78 is 14.4. The van der Waals surface area contributed by atoms with Crippen molar-refractivity contribution < 1.29 is 24.1 Å². The number of benzene rings is 4. The maximum atomic E-state index is 6.48. The zero-order valence-electron chi connectivity index (χ0n) is 25.8. The third kappa shape index (κ3) is 4.97. The molecule has 4 aromatic carbocycles. The molecule has 4 bridgehead atoms. The van der Waals surface area contributed by atoms with Crippen molar-refractivity contribution in [1.29, 1.82) is 0 Å². The van der Waals surface area contributed by atoms with Gasteiger partial charge in [-0.2, -0.15) is 0 Å². The van der Waals surface area contributed by atoms with Crippen molar-refractivity contribution in [2.45, 2.75) is 32.6 Å². The van der Waals surface area contributed by atoms with Crippen LogP contribution in [0, 0.1) is 22.9 Å². The quantitative estimate of drug-likeness (QED) is 0.167. The van der Waals surface area contributed by atoms with Gasteiger partial charge in [-0.1, -0.05) is 12.1 Å². The number of aryl methyl sites for hydroxylation is 5. The van der Waals surface area contributed by atoms with E-state index >= 15 is 0 Å². The van der Waals surface area contributed by atoms with E-state index in [1.807, 2.05) is 30.5 Å². The van der Waals surface area contributed by atoms with E-state index in [9.17, 15) is 0 Å². The Kier molecular flexibility index (Phi) is 6.83. The molecule has 0 atom stereocenters. The second kappa shape index (κ2) is 11.4. The van der Waals surface area contributed by atoms with E-state index in [0.29, 0.717) is 11.5 Å². The Balaban J connectivity index is 1.11. The van der Waals surface area contributed by atoms with Gasteiger partial charge in [0.05, 0.1) is 0 Å². The minimum atomic E-state index is 0.631. The van der Waals surface area contributed by atoms with Gasteiger partial charge in [0.25, 0.3) is 0 Å². The van der Waals surface area contributed by atoms with Crippen molar-refractivity contribution in [2.24, 2.45) is 0 Å². The van der Waals surface area contributed by atoms with Gasteiger partial charge in [0, 0.05) is 6.20 Å². The fourth-order valence-electron chi connectivity index (χ4n) is 6.84. The summed E-state index contributed by atoms with van der Waals surface area (Å²) in [5.74, 6) is 2.13. The third-order valence-corrected chi connectivity index (χ3v) is 10.3. The molecule has 0 saturated carbocycles. The van der Waals surface area contributed by atoms with Crippen LogP contribution < -0.4 is 4.74 Å².